The maximum atomic E-state index is 12.3. The second kappa shape index (κ2) is 16.7. The Balaban J connectivity index is 1.70. The molecule has 38 heavy (non-hydrogen) atoms. The molecular formula is C22H20I6N4O6. The third kappa shape index (κ3) is 9.99. The minimum absolute atomic E-state index is 0.164. The van der Waals surface area contributed by atoms with Crippen LogP contribution in [-0.4, -0.2) is 47.3 Å². The predicted molar refractivity (Wildman–Crippen MR) is 196 cm³/mol. The van der Waals surface area contributed by atoms with E-state index in [1.807, 2.05) is 90.4 Å². The van der Waals surface area contributed by atoms with Crippen molar-refractivity contribution in [1.82, 2.24) is 10.6 Å². The Bertz CT molecular complexity index is 1160. The number of carboxylic acid groups (broad SMARTS) is 2. The van der Waals surface area contributed by atoms with Gasteiger partial charge in [-0.05, 0) is 161 Å². The van der Waals surface area contributed by atoms with Crippen LogP contribution >= 0.6 is 136 Å². The van der Waals surface area contributed by atoms with E-state index in [1.165, 1.54) is 0 Å². The van der Waals surface area contributed by atoms with Gasteiger partial charge in [0.25, 0.3) is 0 Å². The lowest BCUT2D eigenvalue weighted by molar-refractivity contribution is 0.0684. The molecule has 0 heterocycles. The second-order valence-electron chi connectivity index (χ2n) is 7.59. The maximum absolute atomic E-state index is 12.3. The number of amides is 4. The summed E-state index contributed by atoms with van der Waals surface area (Å²) in [5.41, 5.74) is 1.27. The van der Waals surface area contributed by atoms with Gasteiger partial charge in [0.05, 0.1) is 29.6 Å². The van der Waals surface area contributed by atoms with Gasteiger partial charge in [-0.3, -0.25) is 0 Å². The highest BCUT2D eigenvalue weighted by atomic mass is 127. The summed E-state index contributed by atoms with van der Waals surface area (Å²) >= 11 is 11.9. The van der Waals surface area contributed by atoms with Crippen molar-refractivity contribution in [3.05, 3.63) is 44.7 Å². The summed E-state index contributed by atoms with van der Waals surface area (Å²) in [6.07, 6.45) is 3.19. The molecule has 0 spiro atoms. The number of nitrogens with one attached hydrogen (secondary N) is 4. The van der Waals surface area contributed by atoms with Crippen molar-refractivity contribution in [2.45, 2.75) is 25.7 Å². The van der Waals surface area contributed by atoms with E-state index < -0.39 is 24.0 Å². The van der Waals surface area contributed by atoms with Crippen LogP contribution in [0.2, 0.25) is 0 Å². The smallest absolute Gasteiger partial charge is 0.337 e. The molecule has 2 aromatic rings. The number of aromatic carboxylic acids is 2. The average Bonchev–Trinajstić information content (AvgIpc) is 2.80. The Morgan fingerprint density at radius 2 is 0.921 bits per heavy atom. The van der Waals surface area contributed by atoms with Crippen LogP contribution in [0.4, 0.5) is 21.0 Å². The molecule has 2 rings (SSSR count). The fourth-order valence-corrected chi connectivity index (χ4v) is 11.3. The Kier molecular flexibility index (Phi) is 15.1. The van der Waals surface area contributed by atoms with Gasteiger partial charge in [0, 0.05) is 27.4 Å². The largest absolute Gasteiger partial charge is 0.478 e. The monoisotopic (exact) mass is 1200 g/mol. The summed E-state index contributed by atoms with van der Waals surface area (Å²) in [6.45, 7) is 0.914. The lowest BCUT2D eigenvalue weighted by Crippen LogP contribution is -2.31. The van der Waals surface area contributed by atoms with Crippen LogP contribution in [0.1, 0.15) is 46.4 Å². The molecule has 0 fully saturated rings. The quantitative estimate of drug-likeness (QED) is 0.103. The average molecular weight is 1200 g/mol. The predicted octanol–water partition coefficient (Wildman–Crippen LogP) is 7.21. The van der Waals surface area contributed by atoms with Gasteiger partial charge in [0.2, 0.25) is 0 Å². The molecule has 0 aliphatic rings. The zero-order chi connectivity index (χ0) is 28.6. The molecule has 0 saturated heterocycles. The first-order chi connectivity index (χ1) is 17.8. The first kappa shape index (κ1) is 34.5. The minimum atomic E-state index is -1.04. The SMILES string of the molecule is O=C(NCCCCCCNC(=O)Nc1c(I)cc(I)c(C(=O)O)c1I)Nc1c(I)cc(I)c(C(=O)O)c1I. The van der Waals surface area contributed by atoms with Crippen LogP contribution in [0.15, 0.2) is 12.1 Å². The van der Waals surface area contributed by atoms with Crippen LogP contribution in [0, 0.1) is 21.4 Å². The number of urea groups is 2. The molecule has 0 unspecified atom stereocenters. The van der Waals surface area contributed by atoms with Gasteiger partial charge in [0.1, 0.15) is 0 Å². The molecule has 0 saturated carbocycles. The van der Waals surface area contributed by atoms with Crippen molar-refractivity contribution in [2.24, 2.45) is 0 Å². The number of benzene rings is 2. The fourth-order valence-electron chi connectivity index (χ4n) is 3.12. The number of anilines is 2. The second-order valence-corrected chi connectivity index (χ2v) is 14.4. The molecule has 6 N–H and O–H groups in total. The van der Waals surface area contributed by atoms with Gasteiger partial charge in [0.15, 0.2) is 0 Å². The maximum Gasteiger partial charge on any atom is 0.337 e. The molecule has 0 radical (unpaired) electrons. The number of hydrogen-bond acceptors (Lipinski definition) is 4. The Morgan fingerprint density at radius 1 is 0.579 bits per heavy atom. The van der Waals surface area contributed by atoms with E-state index in [0.29, 0.717) is 38.7 Å². The molecule has 0 aliphatic carbocycles. The number of halogens is 6. The zero-order valence-electron chi connectivity index (χ0n) is 19.2. The number of carboxylic acids is 2. The Morgan fingerprint density at radius 3 is 1.24 bits per heavy atom. The molecular weight excluding hydrogens is 1180 g/mol. The number of unbranched alkanes of at least 4 members (excludes halogenated alkanes) is 3. The van der Waals surface area contributed by atoms with Crippen molar-refractivity contribution in [3.8, 4) is 0 Å². The third-order valence-corrected chi connectivity index (χ3v) is 10.5. The van der Waals surface area contributed by atoms with E-state index in [-0.39, 0.29) is 11.1 Å². The number of hydrogen-bond donors (Lipinski definition) is 6. The zero-order valence-corrected chi connectivity index (χ0v) is 32.1. The summed E-state index contributed by atoms with van der Waals surface area (Å²) in [6, 6.07) is 2.63. The van der Waals surface area contributed by atoms with E-state index in [1.54, 1.807) is 12.1 Å². The van der Waals surface area contributed by atoms with Gasteiger partial charge in [-0.2, -0.15) is 0 Å². The fraction of sp³-hybridized carbons (Fsp3) is 0.273. The van der Waals surface area contributed by atoms with Crippen molar-refractivity contribution in [1.29, 1.82) is 0 Å². The minimum Gasteiger partial charge on any atom is -0.478 e. The first-order valence-electron chi connectivity index (χ1n) is 10.8. The van der Waals surface area contributed by atoms with Crippen LogP contribution in [0.25, 0.3) is 0 Å². The summed E-state index contributed by atoms with van der Waals surface area (Å²) < 4.78 is 3.67. The summed E-state index contributed by atoms with van der Waals surface area (Å²) in [5.74, 6) is -2.09. The highest BCUT2D eigenvalue weighted by molar-refractivity contribution is 14.1. The van der Waals surface area contributed by atoms with Crippen molar-refractivity contribution in [2.75, 3.05) is 23.7 Å². The van der Waals surface area contributed by atoms with Gasteiger partial charge in [-0.1, -0.05) is 12.8 Å². The first-order valence-corrected chi connectivity index (χ1v) is 17.2. The number of rotatable bonds is 11. The van der Waals surface area contributed by atoms with E-state index in [2.05, 4.69) is 66.4 Å². The summed E-state index contributed by atoms with van der Waals surface area (Å²) in [5, 5.41) is 29.9. The standard InChI is InChI=1S/C22H20I6N4O6/c23-9-7-11(25)17(15(27)13(9)19(33)34)31-21(37)29-5-3-1-2-4-6-30-22(38)32-18-12(26)8-10(24)14(16(18)28)20(35)36/h7-8H,1-6H2,(H,33,34)(H,35,36)(H2,29,31,37)(H2,30,32,38). The lowest BCUT2D eigenvalue weighted by atomic mass is 10.2. The highest BCUT2D eigenvalue weighted by Crippen LogP contribution is 2.33. The molecule has 0 aromatic heterocycles. The van der Waals surface area contributed by atoms with Crippen molar-refractivity contribution < 1.29 is 29.4 Å². The molecule has 0 aliphatic heterocycles. The van der Waals surface area contributed by atoms with Crippen LogP contribution in [0.3, 0.4) is 0 Å². The van der Waals surface area contributed by atoms with Crippen molar-refractivity contribution >= 4 is 171 Å². The molecule has 2 aromatic carbocycles. The number of carbonyl (C=O) groups is 4. The lowest BCUT2D eigenvalue weighted by Gasteiger charge is -2.14. The topological polar surface area (TPSA) is 157 Å². The van der Waals surface area contributed by atoms with Crippen LogP contribution < -0.4 is 21.3 Å². The van der Waals surface area contributed by atoms with E-state index >= 15 is 0 Å². The molecule has 0 bridgehead atoms. The van der Waals surface area contributed by atoms with Gasteiger partial charge in [-0.15, -0.1) is 0 Å². The van der Waals surface area contributed by atoms with Crippen LogP contribution in [-0.2, 0) is 0 Å². The summed E-state index contributed by atoms with van der Waals surface area (Å²) in [4.78, 5) is 47.6. The number of carbonyl (C=O) groups excluding carboxylic acids is 2. The van der Waals surface area contributed by atoms with Gasteiger partial charge < -0.3 is 31.5 Å². The van der Waals surface area contributed by atoms with E-state index in [9.17, 15) is 29.4 Å². The van der Waals surface area contributed by atoms with Gasteiger partial charge >= 0.3 is 24.0 Å². The van der Waals surface area contributed by atoms with Gasteiger partial charge in [-0.25, -0.2) is 19.2 Å². The third-order valence-electron chi connectivity index (χ3n) is 4.92. The molecule has 16 heteroatoms. The molecule has 206 valence electrons. The highest BCUT2D eigenvalue weighted by Gasteiger charge is 2.21. The normalized spacial score (nSPS) is 10.6. The Hall–Kier alpha value is 0.300. The van der Waals surface area contributed by atoms with E-state index in [4.69, 9.17) is 0 Å². The summed E-state index contributed by atoms with van der Waals surface area (Å²) in [7, 11) is 0. The Labute approximate surface area is 300 Å². The molecule has 4 amide bonds. The van der Waals surface area contributed by atoms with E-state index in [0.717, 1.165) is 32.8 Å². The molecule has 0 atom stereocenters. The van der Waals surface area contributed by atoms with Crippen LogP contribution in [0.5, 0.6) is 0 Å². The van der Waals surface area contributed by atoms with Crippen molar-refractivity contribution in [3.63, 3.8) is 0 Å². The molecule has 10 nitrogen and oxygen atoms in total.